The molecule has 38 heavy (non-hydrogen) atoms. The first-order valence-electron chi connectivity index (χ1n) is 12.7. The van der Waals surface area contributed by atoms with E-state index in [2.05, 4.69) is 41.7 Å². The zero-order valence-corrected chi connectivity index (χ0v) is 20.9. The van der Waals surface area contributed by atoms with E-state index in [4.69, 9.17) is 15.9 Å². The molecule has 7 nitrogen and oxygen atoms in total. The number of hydrogen-bond donors (Lipinski definition) is 5. The molecule has 0 aromatic heterocycles. The normalized spacial score (nSPS) is 25.1. The van der Waals surface area contributed by atoms with E-state index >= 15 is 0 Å². The SMILES string of the molecule is COc1cc([C@@H]2NC3C=CC(C(=N)N)=CC3C3c4ccccc4CC32)c(-c2ccc(C(=O)O)cc2)cc1O. The number of piperidine rings is 1. The molecule has 0 spiro atoms. The molecule has 1 heterocycles. The zero-order valence-electron chi connectivity index (χ0n) is 20.9. The monoisotopic (exact) mass is 507 g/mol. The Bertz CT molecular complexity index is 1510. The maximum absolute atomic E-state index is 11.4. The van der Waals surface area contributed by atoms with Gasteiger partial charge in [-0.05, 0) is 70.3 Å². The molecule has 3 aromatic rings. The molecule has 0 bridgehead atoms. The van der Waals surface area contributed by atoms with Gasteiger partial charge in [0, 0.05) is 23.6 Å². The smallest absolute Gasteiger partial charge is 0.335 e. The molecule has 0 radical (unpaired) electrons. The number of ether oxygens (including phenoxy) is 1. The molecular weight excluding hydrogens is 478 g/mol. The highest BCUT2D eigenvalue weighted by atomic mass is 16.5. The average Bonchev–Trinajstić information content (AvgIpc) is 3.32. The number of carboxylic acids is 1. The van der Waals surface area contributed by atoms with Crippen LogP contribution in [-0.2, 0) is 6.42 Å². The fraction of sp³-hybridized carbons (Fsp3) is 0.226. The number of rotatable bonds is 5. The van der Waals surface area contributed by atoms with E-state index in [1.54, 1.807) is 30.3 Å². The van der Waals surface area contributed by atoms with Crippen LogP contribution in [0.25, 0.3) is 11.1 Å². The number of nitrogens with one attached hydrogen (secondary N) is 2. The summed E-state index contributed by atoms with van der Waals surface area (Å²) in [6, 6.07) is 18.8. The Labute approximate surface area is 220 Å². The molecule has 7 heteroatoms. The number of phenolic OH excluding ortho intramolecular Hbond substituents is 1. The number of aromatic carboxylic acids is 1. The van der Waals surface area contributed by atoms with Crippen molar-refractivity contribution < 1.29 is 19.7 Å². The van der Waals surface area contributed by atoms with Gasteiger partial charge >= 0.3 is 5.97 Å². The minimum absolute atomic E-state index is 0.0255. The van der Waals surface area contributed by atoms with Gasteiger partial charge in [0.25, 0.3) is 0 Å². The summed E-state index contributed by atoms with van der Waals surface area (Å²) in [5, 5.41) is 32.0. The number of methoxy groups -OCH3 is 1. The highest BCUT2D eigenvalue weighted by molar-refractivity contribution is 5.97. The van der Waals surface area contributed by atoms with Crippen LogP contribution in [0.4, 0.5) is 0 Å². The van der Waals surface area contributed by atoms with Gasteiger partial charge in [-0.1, -0.05) is 54.6 Å². The summed E-state index contributed by atoms with van der Waals surface area (Å²) in [5.74, 6) is 0.0590. The van der Waals surface area contributed by atoms with Crippen LogP contribution in [0.2, 0.25) is 0 Å². The number of carbonyl (C=O) groups is 1. The first kappa shape index (κ1) is 24.0. The van der Waals surface area contributed by atoms with E-state index in [0.29, 0.717) is 5.75 Å². The van der Waals surface area contributed by atoms with Crippen molar-refractivity contribution in [1.29, 1.82) is 5.41 Å². The summed E-state index contributed by atoms with van der Waals surface area (Å²) in [6.45, 7) is 0. The summed E-state index contributed by atoms with van der Waals surface area (Å²) < 4.78 is 5.52. The number of amidine groups is 1. The number of carboxylic acid groups (broad SMARTS) is 1. The van der Waals surface area contributed by atoms with Gasteiger partial charge < -0.3 is 26.0 Å². The van der Waals surface area contributed by atoms with Gasteiger partial charge in [-0.25, -0.2) is 4.79 Å². The van der Waals surface area contributed by atoms with Crippen molar-refractivity contribution >= 4 is 11.8 Å². The minimum atomic E-state index is -0.983. The summed E-state index contributed by atoms with van der Waals surface area (Å²) >= 11 is 0. The average molecular weight is 508 g/mol. The molecular formula is C31H29N3O4. The van der Waals surface area contributed by atoms with Crippen molar-refractivity contribution in [2.24, 2.45) is 17.6 Å². The van der Waals surface area contributed by atoms with Gasteiger partial charge in [0.2, 0.25) is 0 Å². The lowest BCUT2D eigenvalue weighted by molar-refractivity contribution is 0.0697. The molecule has 0 amide bonds. The van der Waals surface area contributed by atoms with Crippen LogP contribution in [-0.4, -0.2) is 35.2 Å². The second-order valence-electron chi connectivity index (χ2n) is 10.2. The van der Waals surface area contributed by atoms with Gasteiger partial charge in [0.1, 0.15) is 5.84 Å². The fourth-order valence-corrected chi connectivity index (χ4v) is 6.55. The highest BCUT2D eigenvalue weighted by Gasteiger charge is 2.49. The Morgan fingerprint density at radius 2 is 1.87 bits per heavy atom. The number of aromatic hydroxyl groups is 1. The largest absolute Gasteiger partial charge is 0.504 e. The topological polar surface area (TPSA) is 129 Å². The molecule has 192 valence electrons. The second kappa shape index (κ2) is 9.19. The van der Waals surface area contributed by atoms with E-state index in [1.807, 2.05) is 12.1 Å². The predicted octanol–water partition coefficient (Wildman–Crippen LogP) is 4.78. The van der Waals surface area contributed by atoms with Crippen molar-refractivity contribution in [2.45, 2.75) is 24.4 Å². The predicted molar refractivity (Wildman–Crippen MR) is 146 cm³/mol. The molecule has 6 rings (SSSR count). The molecule has 1 fully saturated rings. The Hall–Kier alpha value is -4.36. The molecule has 1 saturated heterocycles. The first-order chi connectivity index (χ1) is 18.4. The first-order valence-corrected chi connectivity index (χ1v) is 12.7. The van der Waals surface area contributed by atoms with E-state index in [-0.39, 0.29) is 47.0 Å². The summed E-state index contributed by atoms with van der Waals surface area (Å²) in [6.07, 6.45) is 7.04. The van der Waals surface area contributed by atoms with Crippen molar-refractivity contribution in [1.82, 2.24) is 5.32 Å². The van der Waals surface area contributed by atoms with Crippen molar-refractivity contribution in [2.75, 3.05) is 7.11 Å². The Balaban J connectivity index is 1.50. The van der Waals surface area contributed by atoms with Gasteiger partial charge in [0.15, 0.2) is 11.5 Å². The van der Waals surface area contributed by atoms with Gasteiger partial charge in [0.05, 0.1) is 12.7 Å². The van der Waals surface area contributed by atoms with Gasteiger partial charge in [-0.15, -0.1) is 0 Å². The summed E-state index contributed by atoms with van der Waals surface area (Å²) in [4.78, 5) is 11.4. The van der Waals surface area contributed by atoms with Crippen LogP contribution >= 0.6 is 0 Å². The van der Waals surface area contributed by atoms with Crippen LogP contribution in [0, 0.1) is 17.2 Å². The van der Waals surface area contributed by atoms with Crippen LogP contribution in [0.5, 0.6) is 11.5 Å². The molecule has 6 N–H and O–H groups in total. The summed E-state index contributed by atoms with van der Waals surface area (Å²) in [7, 11) is 1.54. The Kier molecular flexibility index (Phi) is 5.80. The van der Waals surface area contributed by atoms with Crippen LogP contribution in [0.15, 0.2) is 84.5 Å². The molecule has 2 aliphatic carbocycles. The molecule has 4 unspecified atom stereocenters. The third-order valence-electron chi connectivity index (χ3n) is 8.26. The van der Waals surface area contributed by atoms with E-state index in [9.17, 15) is 15.0 Å². The Morgan fingerprint density at radius 1 is 1.11 bits per heavy atom. The van der Waals surface area contributed by atoms with Crippen molar-refractivity contribution in [3.8, 4) is 22.6 Å². The number of hydrogen-bond acceptors (Lipinski definition) is 5. The Morgan fingerprint density at radius 3 is 2.58 bits per heavy atom. The zero-order chi connectivity index (χ0) is 26.6. The van der Waals surface area contributed by atoms with Crippen molar-refractivity contribution in [3.63, 3.8) is 0 Å². The van der Waals surface area contributed by atoms with Crippen molar-refractivity contribution in [3.05, 3.63) is 107 Å². The third kappa shape index (κ3) is 3.87. The lowest BCUT2D eigenvalue weighted by atomic mass is 9.67. The van der Waals surface area contributed by atoms with Crippen LogP contribution in [0.1, 0.15) is 39.0 Å². The number of fused-ring (bicyclic) bond motifs is 5. The second-order valence-corrected chi connectivity index (χ2v) is 10.2. The number of nitrogens with two attached hydrogens (primary N) is 1. The lowest BCUT2D eigenvalue weighted by Crippen LogP contribution is -2.50. The molecule has 0 saturated carbocycles. The lowest BCUT2D eigenvalue weighted by Gasteiger charge is -2.46. The van der Waals surface area contributed by atoms with Gasteiger partial charge in [-0.2, -0.15) is 0 Å². The van der Waals surface area contributed by atoms with Gasteiger partial charge in [-0.3, -0.25) is 5.41 Å². The molecule has 3 aliphatic rings. The van der Waals surface area contributed by atoms with E-state index < -0.39 is 5.97 Å². The highest BCUT2D eigenvalue weighted by Crippen LogP contribution is 2.55. The maximum Gasteiger partial charge on any atom is 0.335 e. The van der Waals surface area contributed by atoms with Crippen LogP contribution in [0.3, 0.4) is 0 Å². The quantitative estimate of drug-likeness (QED) is 0.250. The van der Waals surface area contributed by atoms with Crippen LogP contribution < -0.4 is 15.8 Å². The van der Waals surface area contributed by atoms with E-state index in [1.165, 1.54) is 18.2 Å². The fourth-order valence-electron chi connectivity index (χ4n) is 6.55. The molecule has 5 atom stereocenters. The summed E-state index contributed by atoms with van der Waals surface area (Å²) in [5.41, 5.74) is 12.1. The van der Waals surface area contributed by atoms with E-state index in [0.717, 1.165) is 28.7 Å². The number of benzene rings is 3. The standard InChI is InChI=1S/C31H29N3O4/c1-38-27-15-22(21(14-26(27)35)16-6-8-17(9-7-16)31(36)37)29-24-12-18-4-2-3-5-20(18)28(24)23-13-19(30(32)33)10-11-25(23)34-29/h2-11,13-15,23-25,28-29,34-35H,12H2,1H3,(H3,32,33)(H,36,37)/t23?,24?,25?,28?,29-/m0/s1. The third-order valence-corrected chi connectivity index (χ3v) is 8.26. The maximum atomic E-state index is 11.4. The molecule has 1 aliphatic heterocycles. The number of phenols is 1. The minimum Gasteiger partial charge on any atom is -0.504 e. The molecule has 3 aromatic carbocycles.